The Kier molecular flexibility index (Phi) is 5.65. The number of aliphatic hydroxyl groups excluding tert-OH is 1. The standard InChI is InChI=1S/C16H18FNO3S/c17-15-8-6-13(7-9-15)12-22(20,21)18-11-10-16(19)14-4-2-1-3-5-14/h1-9,16,18-19H,10-12H2. The van der Waals surface area contributed by atoms with Gasteiger partial charge in [0.25, 0.3) is 0 Å². The summed E-state index contributed by atoms with van der Waals surface area (Å²) in [5, 5.41) is 9.96. The average Bonchev–Trinajstić information content (AvgIpc) is 2.50. The van der Waals surface area contributed by atoms with Gasteiger partial charge in [-0.15, -0.1) is 0 Å². The van der Waals surface area contributed by atoms with E-state index >= 15 is 0 Å². The van der Waals surface area contributed by atoms with Gasteiger partial charge in [0.2, 0.25) is 10.0 Å². The summed E-state index contributed by atoms with van der Waals surface area (Å²) >= 11 is 0. The maximum Gasteiger partial charge on any atom is 0.215 e. The highest BCUT2D eigenvalue weighted by Gasteiger charge is 2.13. The Bertz CT molecular complexity index is 687. The summed E-state index contributed by atoms with van der Waals surface area (Å²) in [6.07, 6.45) is -0.429. The number of hydrogen-bond acceptors (Lipinski definition) is 3. The Morgan fingerprint density at radius 2 is 1.68 bits per heavy atom. The SMILES string of the molecule is O=S(=O)(Cc1ccc(F)cc1)NCCC(O)c1ccccc1. The van der Waals surface area contributed by atoms with E-state index in [2.05, 4.69) is 4.72 Å². The predicted octanol–water partition coefficient (Wildman–Crippen LogP) is 2.37. The maximum atomic E-state index is 12.8. The van der Waals surface area contributed by atoms with Gasteiger partial charge in [0.15, 0.2) is 0 Å². The number of rotatable bonds is 7. The smallest absolute Gasteiger partial charge is 0.215 e. The van der Waals surface area contributed by atoms with E-state index in [0.29, 0.717) is 5.56 Å². The van der Waals surface area contributed by atoms with Crippen molar-refractivity contribution in [3.05, 3.63) is 71.5 Å². The molecule has 0 aliphatic rings. The Balaban J connectivity index is 1.84. The monoisotopic (exact) mass is 323 g/mol. The second kappa shape index (κ2) is 7.49. The van der Waals surface area contributed by atoms with E-state index < -0.39 is 21.9 Å². The van der Waals surface area contributed by atoms with Crippen LogP contribution in [0.2, 0.25) is 0 Å². The van der Waals surface area contributed by atoms with Crippen molar-refractivity contribution in [3.63, 3.8) is 0 Å². The molecule has 4 nitrogen and oxygen atoms in total. The molecule has 0 aliphatic carbocycles. The average molecular weight is 323 g/mol. The van der Waals surface area contributed by atoms with Crippen LogP contribution in [0.3, 0.4) is 0 Å². The van der Waals surface area contributed by atoms with Crippen molar-refractivity contribution in [1.82, 2.24) is 4.72 Å². The van der Waals surface area contributed by atoms with Crippen LogP contribution in [0.4, 0.5) is 4.39 Å². The Hall–Kier alpha value is -1.76. The summed E-state index contributed by atoms with van der Waals surface area (Å²) in [4.78, 5) is 0. The number of hydrogen-bond donors (Lipinski definition) is 2. The second-order valence-corrected chi connectivity index (χ2v) is 6.80. The van der Waals surface area contributed by atoms with Gasteiger partial charge in [0.05, 0.1) is 11.9 Å². The van der Waals surface area contributed by atoms with Gasteiger partial charge in [0.1, 0.15) is 5.82 Å². The van der Waals surface area contributed by atoms with Crippen molar-refractivity contribution in [3.8, 4) is 0 Å². The highest BCUT2D eigenvalue weighted by atomic mass is 32.2. The van der Waals surface area contributed by atoms with Crippen molar-refractivity contribution in [2.24, 2.45) is 0 Å². The summed E-state index contributed by atoms with van der Waals surface area (Å²) in [7, 11) is -3.51. The molecule has 0 radical (unpaired) electrons. The third-order valence-electron chi connectivity index (χ3n) is 3.19. The first kappa shape index (κ1) is 16.6. The Morgan fingerprint density at radius 3 is 2.32 bits per heavy atom. The Labute approximate surface area is 129 Å². The zero-order valence-electron chi connectivity index (χ0n) is 11.9. The van der Waals surface area contributed by atoms with Gasteiger partial charge in [-0.1, -0.05) is 42.5 Å². The highest BCUT2D eigenvalue weighted by Crippen LogP contribution is 2.15. The molecule has 0 spiro atoms. The van der Waals surface area contributed by atoms with Gasteiger partial charge in [-0.3, -0.25) is 0 Å². The number of sulfonamides is 1. The van der Waals surface area contributed by atoms with Crippen molar-refractivity contribution in [2.45, 2.75) is 18.3 Å². The van der Waals surface area contributed by atoms with E-state index in [1.165, 1.54) is 24.3 Å². The lowest BCUT2D eigenvalue weighted by Crippen LogP contribution is -2.27. The van der Waals surface area contributed by atoms with E-state index in [-0.39, 0.29) is 18.7 Å². The Morgan fingerprint density at radius 1 is 1.05 bits per heavy atom. The summed E-state index contributed by atoms with van der Waals surface area (Å²) in [5.74, 6) is -0.616. The van der Waals surface area contributed by atoms with Gasteiger partial charge in [0, 0.05) is 6.54 Å². The lowest BCUT2D eigenvalue weighted by atomic mass is 10.1. The number of benzene rings is 2. The fraction of sp³-hybridized carbons (Fsp3) is 0.250. The molecule has 1 atom stereocenters. The lowest BCUT2D eigenvalue weighted by molar-refractivity contribution is 0.169. The minimum atomic E-state index is -3.51. The molecule has 0 aliphatic heterocycles. The van der Waals surface area contributed by atoms with E-state index in [1.807, 2.05) is 18.2 Å². The van der Waals surface area contributed by atoms with Crippen molar-refractivity contribution >= 4 is 10.0 Å². The molecule has 22 heavy (non-hydrogen) atoms. The molecule has 0 fully saturated rings. The number of nitrogens with one attached hydrogen (secondary N) is 1. The van der Waals surface area contributed by atoms with Crippen LogP contribution in [-0.4, -0.2) is 20.1 Å². The molecule has 2 N–H and O–H groups in total. The normalized spacial score (nSPS) is 13.0. The van der Waals surface area contributed by atoms with Crippen LogP contribution in [0.25, 0.3) is 0 Å². The van der Waals surface area contributed by atoms with Crippen molar-refractivity contribution < 1.29 is 17.9 Å². The number of aliphatic hydroxyl groups is 1. The molecular formula is C16H18FNO3S. The second-order valence-electron chi connectivity index (χ2n) is 5.00. The minimum Gasteiger partial charge on any atom is -0.388 e. The summed E-state index contributed by atoms with van der Waals surface area (Å²) in [6.45, 7) is 0.138. The first-order valence-corrected chi connectivity index (χ1v) is 8.56. The van der Waals surface area contributed by atoms with Gasteiger partial charge >= 0.3 is 0 Å². The molecule has 0 saturated carbocycles. The first-order chi connectivity index (χ1) is 10.5. The van der Waals surface area contributed by atoms with E-state index in [1.54, 1.807) is 12.1 Å². The zero-order valence-corrected chi connectivity index (χ0v) is 12.8. The van der Waals surface area contributed by atoms with Gasteiger partial charge in [-0.25, -0.2) is 17.5 Å². The van der Waals surface area contributed by atoms with Crippen LogP contribution in [0, 0.1) is 5.82 Å². The molecule has 2 rings (SSSR count). The quantitative estimate of drug-likeness (QED) is 0.822. The fourth-order valence-corrected chi connectivity index (χ4v) is 3.21. The van der Waals surface area contributed by atoms with Crippen LogP contribution in [0.15, 0.2) is 54.6 Å². The summed E-state index contributed by atoms with van der Waals surface area (Å²) in [6, 6.07) is 14.4. The molecule has 2 aromatic rings. The number of halogens is 1. The predicted molar refractivity (Wildman–Crippen MR) is 83.0 cm³/mol. The minimum absolute atomic E-state index is 0.138. The largest absolute Gasteiger partial charge is 0.388 e. The zero-order chi connectivity index (χ0) is 16.0. The maximum absolute atomic E-state index is 12.8. The van der Waals surface area contributed by atoms with E-state index in [9.17, 15) is 17.9 Å². The lowest BCUT2D eigenvalue weighted by Gasteiger charge is -2.12. The van der Waals surface area contributed by atoms with Crippen molar-refractivity contribution in [1.29, 1.82) is 0 Å². The van der Waals surface area contributed by atoms with E-state index in [0.717, 1.165) is 5.56 Å². The molecule has 0 amide bonds. The third kappa shape index (κ3) is 5.22. The van der Waals surface area contributed by atoms with Crippen LogP contribution < -0.4 is 4.72 Å². The molecule has 0 bridgehead atoms. The summed E-state index contributed by atoms with van der Waals surface area (Å²) < 4.78 is 39.1. The van der Waals surface area contributed by atoms with E-state index in [4.69, 9.17) is 0 Å². The van der Waals surface area contributed by atoms with Crippen LogP contribution in [0.5, 0.6) is 0 Å². The first-order valence-electron chi connectivity index (χ1n) is 6.91. The molecule has 0 aromatic heterocycles. The van der Waals surface area contributed by atoms with Crippen LogP contribution >= 0.6 is 0 Å². The molecule has 0 saturated heterocycles. The van der Waals surface area contributed by atoms with Gasteiger partial charge < -0.3 is 5.11 Å². The highest BCUT2D eigenvalue weighted by molar-refractivity contribution is 7.88. The third-order valence-corrected chi connectivity index (χ3v) is 4.55. The molecule has 0 heterocycles. The molecule has 1 unspecified atom stereocenters. The molecular weight excluding hydrogens is 305 g/mol. The fourth-order valence-electron chi connectivity index (χ4n) is 2.04. The van der Waals surface area contributed by atoms with Crippen molar-refractivity contribution in [2.75, 3.05) is 6.54 Å². The topological polar surface area (TPSA) is 66.4 Å². The van der Waals surface area contributed by atoms with Gasteiger partial charge in [-0.2, -0.15) is 0 Å². The van der Waals surface area contributed by atoms with Crippen LogP contribution in [-0.2, 0) is 15.8 Å². The molecule has 6 heteroatoms. The van der Waals surface area contributed by atoms with Gasteiger partial charge in [-0.05, 0) is 29.7 Å². The summed E-state index contributed by atoms with van der Waals surface area (Å²) in [5.41, 5.74) is 1.26. The molecule has 2 aromatic carbocycles. The molecule has 118 valence electrons. The van der Waals surface area contributed by atoms with Crippen LogP contribution in [0.1, 0.15) is 23.7 Å².